The van der Waals surface area contributed by atoms with Crippen LogP contribution in [-0.2, 0) is 4.79 Å². The summed E-state index contributed by atoms with van der Waals surface area (Å²) in [7, 11) is 0. The molecule has 0 aliphatic carbocycles. The Morgan fingerprint density at radius 3 is 2.56 bits per heavy atom. The molecular weight excluding hydrogens is 224 g/mol. The van der Waals surface area contributed by atoms with Gasteiger partial charge in [-0.1, -0.05) is 19.4 Å². The molecule has 1 rings (SSSR count). The summed E-state index contributed by atoms with van der Waals surface area (Å²) in [6, 6.07) is 0. The molecule has 0 spiro atoms. The smallest absolute Gasteiger partial charge is 0.230 e. The van der Waals surface area contributed by atoms with Gasteiger partial charge in [0.2, 0.25) is 5.91 Å². The van der Waals surface area contributed by atoms with Crippen LogP contribution in [0, 0.1) is 5.41 Å². The van der Waals surface area contributed by atoms with Crippen LogP contribution in [0.3, 0.4) is 0 Å². The summed E-state index contributed by atoms with van der Waals surface area (Å²) < 4.78 is 0. The Hall–Kier alpha value is -0.830. The van der Waals surface area contributed by atoms with Gasteiger partial charge in [0.15, 0.2) is 0 Å². The number of hydrogen-bond acceptors (Lipinski definition) is 2. The fourth-order valence-corrected chi connectivity index (χ4v) is 2.80. The summed E-state index contributed by atoms with van der Waals surface area (Å²) in [4.78, 5) is 14.9. The highest BCUT2D eigenvalue weighted by atomic mass is 16.2. The van der Waals surface area contributed by atoms with Crippen molar-refractivity contribution in [3.63, 3.8) is 0 Å². The maximum atomic E-state index is 12.9. The van der Waals surface area contributed by atoms with Gasteiger partial charge in [0.05, 0.1) is 5.41 Å². The van der Waals surface area contributed by atoms with Crippen molar-refractivity contribution >= 4 is 5.91 Å². The maximum absolute atomic E-state index is 12.9. The van der Waals surface area contributed by atoms with Crippen LogP contribution >= 0.6 is 0 Å². The molecule has 3 heteroatoms. The Labute approximate surface area is 112 Å². The summed E-state index contributed by atoms with van der Waals surface area (Å²) in [5.74, 6) is 0.293. The topological polar surface area (TPSA) is 32.3 Å². The molecule has 1 heterocycles. The first-order chi connectivity index (χ1) is 8.37. The molecule has 1 unspecified atom stereocenters. The molecule has 1 saturated heterocycles. The second-order valence-electron chi connectivity index (χ2n) is 6.33. The Balaban J connectivity index is 2.95. The van der Waals surface area contributed by atoms with Gasteiger partial charge in [0.1, 0.15) is 0 Å². The SMILES string of the molecule is C=CCN(C(=O)C1(CCC)CCNC1)C(C)(C)C. The quantitative estimate of drug-likeness (QED) is 0.763. The van der Waals surface area contributed by atoms with E-state index in [2.05, 4.69) is 39.6 Å². The van der Waals surface area contributed by atoms with Crippen molar-refractivity contribution in [1.82, 2.24) is 10.2 Å². The lowest BCUT2D eigenvalue weighted by Crippen LogP contribution is -2.53. The lowest BCUT2D eigenvalue weighted by molar-refractivity contribution is -0.146. The monoisotopic (exact) mass is 252 g/mol. The van der Waals surface area contributed by atoms with Crippen LogP contribution in [0.1, 0.15) is 47.0 Å². The minimum absolute atomic E-state index is 0.144. The molecular formula is C15H28N2O. The summed E-state index contributed by atoms with van der Waals surface area (Å²) >= 11 is 0. The largest absolute Gasteiger partial charge is 0.334 e. The molecule has 1 amide bonds. The molecule has 3 nitrogen and oxygen atoms in total. The minimum Gasteiger partial charge on any atom is -0.334 e. The van der Waals surface area contributed by atoms with Crippen molar-refractivity contribution in [2.24, 2.45) is 5.41 Å². The zero-order chi connectivity index (χ0) is 13.8. The molecule has 0 aromatic heterocycles. The molecule has 0 radical (unpaired) electrons. The van der Waals surface area contributed by atoms with E-state index in [1.807, 2.05) is 11.0 Å². The first kappa shape index (κ1) is 15.2. The number of carbonyl (C=O) groups is 1. The van der Waals surface area contributed by atoms with Gasteiger partial charge in [-0.05, 0) is 40.2 Å². The van der Waals surface area contributed by atoms with Gasteiger partial charge >= 0.3 is 0 Å². The molecule has 18 heavy (non-hydrogen) atoms. The van der Waals surface area contributed by atoms with Gasteiger partial charge in [-0.15, -0.1) is 6.58 Å². The van der Waals surface area contributed by atoms with E-state index in [9.17, 15) is 4.79 Å². The van der Waals surface area contributed by atoms with E-state index < -0.39 is 0 Å². The summed E-state index contributed by atoms with van der Waals surface area (Å²) in [6.07, 6.45) is 4.82. The van der Waals surface area contributed by atoms with E-state index in [4.69, 9.17) is 0 Å². The number of amides is 1. The van der Waals surface area contributed by atoms with Crippen molar-refractivity contribution < 1.29 is 4.79 Å². The highest BCUT2D eigenvalue weighted by Crippen LogP contribution is 2.35. The Morgan fingerprint density at radius 2 is 2.17 bits per heavy atom. The number of nitrogens with one attached hydrogen (secondary N) is 1. The van der Waals surface area contributed by atoms with E-state index in [0.717, 1.165) is 32.4 Å². The van der Waals surface area contributed by atoms with Gasteiger partial charge in [-0.2, -0.15) is 0 Å². The predicted octanol–water partition coefficient (Wildman–Crippen LogP) is 2.58. The van der Waals surface area contributed by atoms with Gasteiger partial charge in [0.25, 0.3) is 0 Å². The summed E-state index contributed by atoms with van der Waals surface area (Å²) in [6.45, 7) is 14.6. The second-order valence-corrected chi connectivity index (χ2v) is 6.33. The van der Waals surface area contributed by atoms with Gasteiger partial charge in [0, 0.05) is 18.6 Å². The van der Waals surface area contributed by atoms with Crippen LogP contribution in [0.2, 0.25) is 0 Å². The van der Waals surface area contributed by atoms with E-state index in [0.29, 0.717) is 12.5 Å². The number of rotatable bonds is 5. The van der Waals surface area contributed by atoms with Crippen LogP contribution < -0.4 is 5.32 Å². The van der Waals surface area contributed by atoms with Gasteiger partial charge < -0.3 is 10.2 Å². The van der Waals surface area contributed by atoms with Gasteiger partial charge in [-0.25, -0.2) is 0 Å². The molecule has 1 atom stereocenters. The van der Waals surface area contributed by atoms with Crippen molar-refractivity contribution in [1.29, 1.82) is 0 Å². The molecule has 1 aliphatic heterocycles. The van der Waals surface area contributed by atoms with E-state index in [-0.39, 0.29) is 11.0 Å². The van der Waals surface area contributed by atoms with E-state index in [1.54, 1.807) is 0 Å². The Morgan fingerprint density at radius 1 is 1.50 bits per heavy atom. The molecule has 0 saturated carbocycles. The summed E-state index contributed by atoms with van der Waals surface area (Å²) in [5, 5.41) is 3.35. The average molecular weight is 252 g/mol. The Kier molecular flexibility index (Phi) is 4.97. The molecule has 1 fully saturated rings. The number of hydrogen-bond donors (Lipinski definition) is 1. The minimum atomic E-state index is -0.189. The normalized spacial score (nSPS) is 24.0. The third-order valence-corrected chi connectivity index (χ3v) is 3.79. The van der Waals surface area contributed by atoms with E-state index >= 15 is 0 Å². The van der Waals surface area contributed by atoms with Gasteiger partial charge in [-0.3, -0.25) is 4.79 Å². The molecule has 104 valence electrons. The molecule has 0 bridgehead atoms. The van der Waals surface area contributed by atoms with E-state index in [1.165, 1.54) is 0 Å². The number of carbonyl (C=O) groups excluding carboxylic acids is 1. The zero-order valence-electron chi connectivity index (χ0n) is 12.4. The molecule has 1 aliphatic rings. The van der Waals surface area contributed by atoms with Crippen LogP contribution in [0.5, 0.6) is 0 Å². The molecule has 0 aromatic carbocycles. The van der Waals surface area contributed by atoms with Crippen LogP contribution in [-0.4, -0.2) is 36.0 Å². The lowest BCUT2D eigenvalue weighted by Gasteiger charge is -2.41. The van der Waals surface area contributed by atoms with Crippen molar-refractivity contribution in [3.8, 4) is 0 Å². The van der Waals surface area contributed by atoms with Crippen molar-refractivity contribution in [3.05, 3.63) is 12.7 Å². The Bertz CT molecular complexity index is 298. The van der Waals surface area contributed by atoms with Crippen LogP contribution in [0.15, 0.2) is 12.7 Å². The third-order valence-electron chi connectivity index (χ3n) is 3.79. The second kappa shape index (κ2) is 5.87. The maximum Gasteiger partial charge on any atom is 0.230 e. The highest BCUT2D eigenvalue weighted by Gasteiger charge is 2.44. The first-order valence-corrected chi connectivity index (χ1v) is 7.01. The average Bonchev–Trinajstić information content (AvgIpc) is 2.74. The predicted molar refractivity (Wildman–Crippen MR) is 76.5 cm³/mol. The third kappa shape index (κ3) is 3.14. The standard InChI is InChI=1S/C15H28N2O/c1-6-8-15(9-10-16-12-15)13(18)17(11-7-2)14(3,4)5/h7,16H,2,6,8-12H2,1,3-5H3. The molecule has 0 aromatic rings. The van der Waals surface area contributed by atoms with Crippen LogP contribution in [0.25, 0.3) is 0 Å². The first-order valence-electron chi connectivity index (χ1n) is 7.01. The number of nitrogens with zero attached hydrogens (tertiary/aromatic N) is 1. The fraction of sp³-hybridized carbons (Fsp3) is 0.800. The van der Waals surface area contributed by atoms with Crippen LogP contribution in [0.4, 0.5) is 0 Å². The highest BCUT2D eigenvalue weighted by molar-refractivity contribution is 5.84. The zero-order valence-corrected chi connectivity index (χ0v) is 12.4. The lowest BCUT2D eigenvalue weighted by atomic mass is 9.80. The summed E-state index contributed by atoms with van der Waals surface area (Å²) in [5.41, 5.74) is -0.334. The fourth-order valence-electron chi connectivity index (χ4n) is 2.80. The van der Waals surface area contributed by atoms with Crippen molar-refractivity contribution in [2.75, 3.05) is 19.6 Å². The van der Waals surface area contributed by atoms with Crippen molar-refractivity contribution in [2.45, 2.75) is 52.5 Å². The molecule has 1 N–H and O–H groups in total.